The maximum absolute atomic E-state index is 11.4. The number of halogens is 1. The first-order valence-corrected chi connectivity index (χ1v) is 10.4. The quantitative estimate of drug-likeness (QED) is 0.149. The maximum atomic E-state index is 11.4. The second-order valence-corrected chi connectivity index (χ2v) is 6.78. The Morgan fingerprint density at radius 2 is 1.56 bits per heavy atom. The Balaban J connectivity index is 3.30. The average Bonchev–Trinajstić information content (AvgIpc) is 2.62. The number of unbranched alkanes of at least 4 members (excludes halogenated alkanes) is 8. The van der Waals surface area contributed by atoms with Crippen LogP contribution in [0.4, 0.5) is 0 Å². The Bertz CT molecular complexity index is 353. The monoisotopic (exact) mass is 372 g/mol. The van der Waals surface area contributed by atoms with Gasteiger partial charge in [0.2, 0.25) is 0 Å². The van der Waals surface area contributed by atoms with Crippen LogP contribution in [0, 0.1) is 0 Å². The molecule has 1 atom stereocenters. The summed E-state index contributed by atoms with van der Waals surface area (Å²) in [6, 6.07) is 0. The van der Waals surface area contributed by atoms with E-state index in [0.29, 0.717) is 6.42 Å². The van der Waals surface area contributed by atoms with Gasteiger partial charge in [-0.25, -0.2) is 0 Å². The van der Waals surface area contributed by atoms with Crippen molar-refractivity contribution in [2.45, 2.75) is 90.1 Å². The van der Waals surface area contributed by atoms with Crippen molar-refractivity contribution in [3.63, 3.8) is 0 Å². The lowest BCUT2D eigenvalue weighted by Crippen LogP contribution is -2.19. The van der Waals surface area contributed by atoms with E-state index in [1.165, 1.54) is 38.5 Å². The van der Waals surface area contributed by atoms with Crippen LogP contribution in [-0.2, 0) is 9.53 Å². The molecule has 0 bridgehead atoms. The predicted octanol–water partition coefficient (Wildman–Crippen LogP) is 5.94. The summed E-state index contributed by atoms with van der Waals surface area (Å²) in [5.74, 6) is -0.147. The first-order chi connectivity index (χ1) is 12.2. The summed E-state index contributed by atoms with van der Waals surface area (Å²) in [7, 11) is 0. The Morgan fingerprint density at radius 3 is 2.20 bits per heavy atom. The lowest BCUT2D eigenvalue weighted by Gasteiger charge is -2.07. The summed E-state index contributed by atoms with van der Waals surface area (Å²) < 4.78 is 4.93. The molecule has 0 aliphatic carbocycles. The zero-order valence-corrected chi connectivity index (χ0v) is 16.7. The standard InChI is InChI=1S/C21H37ClO3/c1-2-3-4-5-6-7-8-9-10-11-12-13-14-15-16-17-21(24)25-19-20(23)18-22/h6-7,9-10,20,23H,2-5,8,11-19H2,1H3/b7-6+,10-9+. The first-order valence-electron chi connectivity index (χ1n) is 9.90. The molecule has 25 heavy (non-hydrogen) atoms. The summed E-state index contributed by atoms with van der Waals surface area (Å²) in [4.78, 5) is 11.4. The molecule has 0 radical (unpaired) electrons. The van der Waals surface area contributed by atoms with E-state index in [4.69, 9.17) is 16.3 Å². The molecule has 1 unspecified atom stereocenters. The van der Waals surface area contributed by atoms with Gasteiger partial charge in [-0.2, -0.15) is 0 Å². The molecule has 0 aromatic heterocycles. The molecule has 0 spiro atoms. The van der Waals surface area contributed by atoms with Crippen molar-refractivity contribution in [2.75, 3.05) is 12.5 Å². The van der Waals surface area contributed by atoms with Crippen LogP contribution in [0.5, 0.6) is 0 Å². The summed E-state index contributed by atoms with van der Waals surface area (Å²) in [5, 5.41) is 9.19. The molecule has 4 heteroatoms. The molecular weight excluding hydrogens is 336 g/mol. The van der Waals surface area contributed by atoms with Crippen LogP contribution < -0.4 is 0 Å². The highest BCUT2D eigenvalue weighted by Gasteiger charge is 2.07. The van der Waals surface area contributed by atoms with Crippen molar-refractivity contribution >= 4 is 17.6 Å². The molecule has 0 aliphatic rings. The molecule has 3 nitrogen and oxygen atoms in total. The zero-order valence-electron chi connectivity index (χ0n) is 15.9. The first kappa shape index (κ1) is 24.2. The fraction of sp³-hybridized carbons (Fsp3) is 0.762. The van der Waals surface area contributed by atoms with E-state index >= 15 is 0 Å². The SMILES string of the molecule is CCCCC/C=C/C/C=C/CCCCCCCC(=O)OCC(O)CCl. The molecule has 0 fully saturated rings. The third-order valence-corrected chi connectivity index (χ3v) is 4.30. The van der Waals surface area contributed by atoms with E-state index < -0.39 is 6.10 Å². The van der Waals surface area contributed by atoms with Crippen molar-refractivity contribution in [1.29, 1.82) is 0 Å². The van der Waals surface area contributed by atoms with Crippen molar-refractivity contribution in [3.8, 4) is 0 Å². The Labute approximate surface area is 159 Å². The number of alkyl halides is 1. The van der Waals surface area contributed by atoms with E-state index in [9.17, 15) is 9.90 Å². The fourth-order valence-electron chi connectivity index (χ4n) is 2.39. The van der Waals surface area contributed by atoms with E-state index in [-0.39, 0.29) is 18.5 Å². The van der Waals surface area contributed by atoms with Gasteiger partial charge in [0.05, 0.1) is 5.88 Å². The molecule has 0 amide bonds. The van der Waals surface area contributed by atoms with Gasteiger partial charge < -0.3 is 9.84 Å². The number of aliphatic hydroxyl groups is 1. The normalized spacial score (nSPS) is 12.9. The summed E-state index contributed by atoms with van der Waals surface area (Å²) >= 11 is 5.43. The topological polar surface area (TPSA) is 46.5 Å². The lowest BCUT2D eigenvalue weighted by molar-refractivity contribution is -0.146. The molecule has 0 rings (SSSR count). The molecule has 1 N–H and O–H groups in total. The fourth-order valence-corrected chi connectivity index (χ4v) is 2.48. The van der Waals surface area contributed by atoms with Gasteiger partial charge in [-0.05, 0) is 38.5 Å². The number of carbonyl (C=O) groups is 1. The molecule has 0 aromatic carbocycles. The maximum Gasteiger partial charge on any atom is 0.305 e. The van der Waals surface area contributed by atoms with Crippen LogP contribution in [0.15, 0.2) is 24.3 Å². The lowest BCUT2D eigenvalue weighted by atomic mass is 10.1. The second kappa shape index (κ2) is 19.5. The van der Waals surface area contributed by atoms with Crippen LogP contribution in [0.3, 0.4) is 0 Å². The van der Waals surface area contributed by atoms with Gasteiger partial charge in [0.25, 0.3) is 0 Å². The molecular formula is C21H37ClO3. The van der Waals surface area contributed by atoms with Gasteiger partial charge in [0.15, 0.2) is 0 Å². The third-order valence-electron chi connectivity index (χ3n) is 3.95. The number of hydrogen-bond acceptors (Lipinski definition) is 3. The van der Waals surface area contributed by atoms with Crippen LogP contribution >= 0.6 is 11.6 Å². The number of aliphatic hydroxyl groups excluding tert-OH is 1. The number of rotatable bonds is 17. The minimum absolute atomic E-state index is 0.00258. The predicted molar refractivity (Wildman–Crippen MR) is 107 cm³/mol. The molecule has 0 saturated carbocycles. The van der Waals surface area contributed by atoms with E-state index in [1.54, 1.807) is 0 Å². The van der Waals surface area contributed by atoms with Gasteiger partial charge in [-0.1, -0.05) is 63.3 Å². The minimum Gasteiger partial charge on any atom is -0.463 e. The van der Waals surface area contributed by atoms with Crippen molar-refractivity contribution in [3.05, 3.63) is 24.3 Å². The highest BCUT2D eigenvalue weighted by Crippen LogP contribution is 2.09. The van der Waals surface area contributed by atoms with Gasteiger partial charge in [-0.15, -0.1) is 11.6 Å². The Kier molecular flexibility index (Phi) is 18.9. The Morgan fingerprint density at radius 1 is 0.960 bits per heavy atom. The van der Waals surface area contributed by atoms with E-state index in [0.717, 1.165) is 32.1 Å². The van der Waals surface area contributed by atoms with Crippen LogP contribution in [0.1, 0.15) is 84.0 Å². The Hall–Kier alpha value is -0.800. The zero-order chi connectivity index (χ0) is 18.6. The van der Waals surface area contributed by atoms with E-state index in [2.05, 4.69) is 31.2 Å². The van der Waals surface area contributed by atoms with Gasteiger partial charge in [0, 0.05) is 6.42 Å². The summed E-state index contributed by atoms with van der Waals surface area (Å²) in [5.41, 5.74) is 0. The van der Waals surface area contributed by atoms with Crippen molar-refractivity contribution in [2.24, 2.45) is 0 Å². The summed E-state index contributed by atoms with van der Waals surface area (Å²) in [6.45, 7) is 2.24. The molecule has 0 aliphatic heterocycles. The number of ether oxygens (including phenoxy) is 1. The minimum atomic E-state index is -0.754. The van der Waals surface area contributed by atoms with Crippen LogP contribution in [-0.4, -0.2) is 29.7 Å². The summed E-state index contributed by atoms with van der Waals surface area (Å²) in [6.07, 6.45) is 21.6. The largest absolute Gasteiger partial charge is 0.463 e. The van der Waals surface area contributed by atoms with E-state index in [1.807, 2.05) is 0 Å². The number of esters is 1. The molecule has 146 valence electrons. The van der Waals surface area contributed by atoms with Gasteiger partial charge in [-0.3, -0.25) is 4.79 Å². The van der Waals surface area contributed by atoms with Gasteiger partial charge in [0.1, 0.15) is 12.7 Å². The van der Waals surface area contributed by atoms with Crippen LogP contribution in [0.2, 0.25) is 0 Å². The third kappa shape index (κ3) is 19.4. The highest BCUT2D eigenvalue weighted by atomic mass is 35.5. The molecule has 0 aromatic rings. The molecule has 0 heterocycles. The van der Waals surface area contributed by atoms with Crippen LogP contribution in [0.25, 0.3) is 0 Å². The second-order valence-electron chi connectivity index (χ2n) is 6.47. The van der Waals surface area contributed by atoms with Gasteiger partial charge >= 0.3 is 5.97 Å². The highest BCUT2D eigenvalue weighted by molar-refractivity contribution is 6.18. The average molecular weight is 373 g/mol. The van der Waals surface area contributed by atoms with Crippen molar-refractivity contribution < 1.29 is 14.6 Å². The number of hydrogen-bond donors (Lipinski definition) is 1. The number of allylic oxidation sites excluding steroid dienone is 4. The smallest absolute Gasteiger partial charge is 0.305 e. The van der Waals surface area contributed by atoms with Crippen molar-refractivity contribution in [1.82, 2.24) is 0 Å². The number of carbonyl (C=O) groups excluding carboxylic acids is 1. The molecule has 0 saturated heterocycles.